The van der Waals surface area contributed by atoms with Gasteiger partial charge in [-0.3, -0.25) is 0 Å². The minimum absolute atomic E-state index is 0.332. The third kappa shape index (κ3) is 1.29. The van der Waals surface area contributed by atoms with Gasteiger partial charge in [-0.15, -0.1) is 0 Å². The highest BCUT2D eigenvalue weighted by Crippen LogP contribution is 2.37. The van der Waals surface area contributed by atoms with Gasteiger partial charge in [0.15, 0.2) is 0 Å². The summed E-state index contributed by atoms with van der Waals surface area (Å²) >= 11 is 6.11. The number of aliphatic hydroxyl groups is 1. The molecule has 3 rings (SSSR count). The highest BCUT2D eigenvalue weighted by molar-refractivity contribution is 6.35. The van der Waals surface area contributed by atoms with Crippen molar-refractivity contribution in [2.45, 2.75) is 25.4 Å². The quantitative estimate of drug-likeness (QED) is 0.704. The SMILES string of the molecule is OC1CCCc2[nH]c3c(Cl)cccc3c21. The number of aromatic amines is 1. The van der Waals surface area contributed by atoms with E-state index in [2.05, 4.69) is 4.98 Å². The third-order valence-corrected chi connectivity index (χ3v) is 3.46. The second kappa shape index (κ2) is 3.26. The molecule has 15 heavy (non-hydrogen) atoms. The number of aromatic nitrogens is 1. The zero-order valence-corrected chi connectivity index (χ0v) is 9.01. The van der Waals surface area contributed by atoms with Crippen LogP contribution in [0.5, 0.6) is 0 Å². The van der Waals surface area contributed by atoms with E-state index >= 15 is 0 Å². The highest BCUT2D eigenvalue weighted by atomic mass is 35.5. The van der Waals surface area contributed by atoms with Crippen LogP contribution in [-0.4, -0.2) is 10.1 Å². The summed E-state index contributed by atoms with van der Waals surface area (Å²) in [6.07, 6.45) is 2.57. The molecule has 1 aromatic heterocycles. The number of aliphatic hydroxyl groups excluding tert-OH is 1. The Labute approximate surface area is 92.9 Å². The van der Waals surface area contributed by atoms with Crippen LogP contribution < -0.4 is 0 Å². The normalized spacial score (nSPS) is 20.5. The number of halogens is 1. The van der Waals surface area contributed by atoms with Gasteiger partial charge in [0.05, 0.1) is 16.6 Å². The Morgan fingerprint density at radius 2 is 2.27 bits per heavy atom. The second-order valence-electron chi connectivity index (χ2n) is 4.09. The lowest BCUT2D eigenvalue weighted by atomic mass is 9.93. The zero-order chi connectivity index (χ0) is 10.4. The van der Waals surface area contributed by atoms with E-state index in [4.69, 9.17) is 11.6 Å². The lowest BCUT2D eigenvalue weighted by Gasteiger charge is -2.17. The molecule has 1 aliphatic carbocycles. The first-order valence-corrected chi connectivity index (χ1v) is 5.62. The standard InChI is InChI=1S/C12H12ClNO/c13-8-4-1-3-7-11-9(14-12(7)8)5-2-6-10(11)15/h1,3-4,10,14-15H,2,5-6H2. The first-order chi connectivity index (χ1) is 7.27. The van der Waals surface area contributed by atoms with Gasteiger partial charge >= 0.3 is 0 Å². The van der Waals surface area contributed by atoms with Crippen molar-refractivity contribution in [1.29, 1.82) is 0 Å². The number of aryl methyl sites for hydroxylation is 1. The summed E-state index contributed by atoms with van der Waals surface area (Å²) in [5.74, 6) is 0. The molecule has 1 heterocycles. The molecule has 2 nitrogen and oxygen atoms in total. The van der Waals surface area contributed by atoms with Gasteiger partial charge in [-0.25, -0.2) is 0 Å². The van der Waals surface area contributed by atoms with Crippen molar-refractivity contribution in [3.63, 3.8) is 0 Å². The molecule has 0 spiro atoms. The van der Waals surface area contributed by atoms with Crippen LogP contribution in [0, 0.1) is 0 Å². The zero-order valence-electron chi connectivity index (χ0n) is 8.26. The molecule has 2 aromatic rings. The molecule has 78 valence electrons. The lowest BCUT2D eigenvalue weighted by Crippen LogP contribution is -2.07. The molecule has 0 amide bonds. The largest absolute Gasteiger partial charge is 0.388 e. The van der Waals surface area contributed by atoms with Crippen LogP contribution in [0.3, 0.4) is 0 Å². The van der Waals surface area contributed by atoms with Crippen LogP contribution in [0.1, 0.15) is 30.2 Å². The summed E-state index contributed by atoms with van der Waals surface area (Å²) < 4.78 is 0. The van der Waals surface area contributed by atoms with E-state index < -0.39 is 0 Å². The Kier molecular flexibility index (Phi) is 2.01. The number of para-hydroxylation sites is 1. The van der Waals surface area contributed by atoms with Gasteiger partial charge in [0, 0.05) is 16.6 Å². The molecule has 0 saturated heterocycles. The van der Waals surface area contributed by atoms with Crippen LogP contribution >= 0.6 is 11.6 Å². The number of rotatable bonds is 0. The highest BCUT2D eigenvalue weighted by Gasteiger charge is 2.23. The summed E-state index contributed by atoms with van der Waals surface area (Å²) in [4.78, 5) is 3.32. The van der Waals surface area contributed by atoms with E-state index in [1.54, 1.807) is 0 Å². The molecule has 0 bridgehead atoms. The molecule has 0 saturated carbocycles. The topological polar surface area (TPSA) is 36.0 Å². The summed E-state index contributed by atoms with van der Waals surface area (Å²) in [6.45, 7) is 0. The van der Waals surface area contributed by atoms with Crippen molar-refractivity contribution in [2.24, 2.45) is 0 Å². The van der Waals surface area contributed by atoms with Crippen LogP contribution in [-0.2, 0) is 6.42 Å². The molecule has 0 radical (unpaired) electrons. The Morgan fingerprint density at radius 3 is 3.13 bits per heavy atom. The van der Waals surface area contributed by atoms with Gasteiger partial charge in [0.2, 0.25) is 0 Å². The van der Waals surface area contributed by atoms with Crippen LogP contribution in [0.4, 0.5) is 0 Å². The number of nitrogens with one attached hydrogen (secondary N) is 1. The average molecular weight is 222 g/mol. The third-order valence-electron chi connectivity index (χ3n) is 3.14. The van der Waals surface area contributed by atoms with Crippen molar-refractivity contribution in [3.05, 3.63) is 34.5 Å². The molecule has 1 atom stereocenters. The minimum Gasteiger partial charge on any atom is -0.388 e. The monoisotopic (exact) mass is 221 g/mol. The fraction of sp³-hybridized carbons (Fsp3) is 0.333. The summed E-state index contributed by atoms with van der Waals surface area (Å²) in [5.41, 5.74) is 3.17. The van der Waals surface area contributed by atoms with E-state index in [0.717, 1.165) is 46.4 Å². The van der Waals surface area contributed by atoms with Crippen molar-refractivity contribution >= 4 is 22.5 Å². The molecule has 1 aromatic carbocycles. The van der Waals surface area contributed by atoms with Crippen molar-refractivity contribution in [1.82, 2.24) is 4.98 Å². The number of benzene rings is 1. The first kappa shape index (κ1) is 9.25. The van der Waals surface area contributed by atoms with Crippen molar-refractivity contribution < 1.29 is 5.11 Å². The van der Waals surface area contributed by atoms with Gasteiger partial charge in [-0.1, -0.05) is 23.7 Å². The van der Waals surface area contributed by atoms with Gasteiger partial charge < -0.3 is 10.1 Å². The summed E-state index contributed by atoms with van der Waals surface area (Å²) in [5, 5.41) is 11.8. The fourth-order valence-electron chi connectivity index (χ4n) is 2.45. The van der Waals surface area contributed by atoms with E-state index in [9.17, 15) is 5.11 Å². The van der Waals surface area contributed by atoms with E-state index in [1.165, 1.54) is 0 Å². The van der Waals surface area contributed by atoms with E-state index in [0.29, 0.717) is 0 Å². The number of H-pyrrole nitrogens is 1. The Balaban J connectivity index is 2.36. The molecule has 2 N–H and O–H groups in total. The van der Waals surface area contributed by atoms with Crippen molar-refractivity contribution in [2.75, 3.05) is 0 Å². The average Bonchev–Trinajstić information content (AvgIpc) is 2.59. The van der Waals surface area contributed by atoms with Crippen LogP contribution in [0.25, 0.3) is 10.9 Å². The molecular formula is C12H12ClNO. The number of fused-ring (bicyclic) bond motifs is 3. The Bertz CT molecular complexity index is 518. The van der Waals surface area contributed by atoms with Gasteiger partial charge in [-0.2, -0.15) is 0 Å². The van der Waals surface area contributed by atoms with E-state index in [-0.39, 0.29) is 6.10 Å². The molecule has 3 heteroatoms. The Hall–Kier alpha value is -0.990. The summed E-state index contributed by atoms with van der Waals surface area (Å²) in [6, 6.07) is 5.82. The summed E-state index contributed by atoms with van der Waals surface area (Å²) in [7, 11) is 0. The minimum atomic E-state index is -0.332. The molecule has 1 aliphatic rings. The smallest absolute Gasteiger partial charge is 0.0813 e. The maximum atomic E-state index is 9.98. The van der Waals surface area contributed by atoms with Crippen LogP contribution in [0.15, 0.2) is 18.2 Å². The predicted octanol–water partition coefficient (Wildman–Crippen LogP) is 3.19. The molecular weight excluding hydrogens is 210 g/mol. The van der Waals surface area contributed by atoms with Gasteiger partial charge in [0.25, 0.3) is 0 Å². The van der Waals surface area contributed by atoms with Crippen molar-refractivity contribution in [3.8, 4) is 0 Å². The molecule has 0 aliphatic heterocycles. The van der Waals surface area contributed by atoms with Crippen LogP contribution in [0.2, 0.25) is 5.02 Å². The maximum Gasteiger partial charge on any atom is 0.0813 e. The molecule has 0 fully saturated rings. The lowest BCUT2D eigenvalue weighted by molar-refractivity contribution is 0.158. The second-order valence-corrected chi connectivity index (χ2v) is 4.49. The van der Waals surface area contributed by atoms with E-state index in [1.807, 2.05) is 18.2 Å². The number of hydrogen-bond donors (Lipinski definition) is 2. The number of hydrogen-bond acceptors (Lipinski definition) is 1. The maximum absolute atomic E-state index is 9.98. The van der Waals surface area contributed by atoms with Gasteiger partial charge in [0.1, 0.15) is 0 Å². The fourth-order valence-corrected chi connectivity index (χ4v) is 2.67. The van der Waals surface area contributed by atoms with Gasteiger partial charge in [-0.05, 0) is 25.3 Å². The molecule has 1 unspecified atom stereocenters. The predicted molar refractivity (Wildman–Crippen MR) is 61.2 cm³/mol. The first-order valence-electron chi connectivity index (χ1n) is 5.24. The Morgan fingerprint density at radius 1 is 1.40 bits per heavy atom.